The van der Waals surface area contributed by atoms with Crippen LogP contribution in [0.15, 0.2) is 36.4 Å². The van der Waals surface area contributed by atoms with Crippen LogP contribution in [-0.2, 0) is 0 Å². The molecular formula is C18H25BO4. The molecule has 2 rings (SSSR count). The third kappa shape index (κ3) is 5.45. The van der Waals surface area contributed by atoms with Crippen molar-refractivity contribution in [1.82, 2.24) is 0 Å². The van der Waals surface area contributed by atoms with Gasteiger partial charge in [-0.2, -0.15) is 0 Å². The first kappa shape index (κ1) is 17.6. The van der Waals surface area contributed by atoms with Crippen LogP contribution in [0.5, 0.6) is 11.5 Å². The number of hydrogen-bond acceptors (Lipinski definition) is 4. The third-order valence-electron chi connectivity index (χ3n) is 4.05. The predicted molar refractivity (Wildman–Crippen MR) is 93.6 cm³/mol. The Morgan fingerprint density at radius 1 is 1.00 bits per heavy atom. The van der Waals surface area contributed by atoms with Crippen molar-refractivity contribution in [2.24, 2.45) is 5.92 Å². The highest BCUT2D eigenvalue weighted by atomic mass is 16.6. The molecule has 4 nitrogen and oxygen atoms in total. The van der Waals surface area contributed by atoms with Gasteiger partial charge in [-0.1, -0.05) is 45.2 Å². The van der Waals surface area contributed by atoms with E-state index in [1.165, 1.54) is 19.3 Å². The first-order valence-corrected chi connectivity index (χ1v) is 8.31. The van der Waals surface area contributed by atoms with Gasteiger partial charge in [0.05, 0.1) is 6.61 Å². The van der Waals surface area contributed by atoms with Crippen molar-refractivity contribution in [2.45, 2.75) is 39.5 Å². The van der Waals surface area contributed by atoms with Crippen molar-refractivity contribution in [3.63, 3.8) is 0 Å². The molecule has 23 heavy (non-hydrogen) atoms. The lowest BCUT2D eigenvalue weighted by Crippen LogP contribution is -2.20. The van der Waals surface area contributed by atoms with E-state index in [1.54, 1.807) is 12.1 Å². The van der Waals surface area contributed by atoms with E-state index in [1.807, 2.05) is 24.3 Å². The number of fused-ring (bicyclic) bond motifs is 1. The smallest absolute Gasteiger partial charge is 0.512 e. The predicted octanol–water partition coefficient (Wildman–Crippen LogP) is 3.78. The first-order chi connectivity index (χ1) is 11.1. The van der Waals surface area contributed by atoms with Gasteiger partial charge >= 0.3 is 7.32 Å². The maximum absolute atomic E-state index is 8.84. The van der Waals surface area contributed by atoms with E-state index in [4.69, 9.17) is 19.4 Å². The van der Waals surface area contributed by atoms with E-state index in [9.17, 15) is 0 Å². The number of rotatable bonds is 9. The normalized spacial score (nSPS) is 12.2. The minimum Gasteiger partial charge on any atom is -0.512 e. The molecule has 0 saturated carbocycles. The van der Waals surface area contributed by atoms with E-state index in [0.29, 0.717) is 11.7 Å². The Bertz CT molecular complexity index is 615. The Labute approximate surface area is 138 Å². The lowest BCUT2D eigenvalue weighted by molar-refractivity contribution is 0.233. The Balaban J connectivity index is 2.02. The number of hydrogen-bond donors (Lipinski definition) is 2. The summed E-state index contributed by atoms with van der Waals surface area (Å²) in [5.41, 5.74) is 0. The van der Waals surface area contributed by atoms with Crippen LogP contribution < -0.4 is 9.39 Å². The average molecular weight is 316 g/mol. The van der Waals surface area contributed by atoms with Crippen LogP contribution in [0.25, 0.3) is 10.8 Å². The molecule has 0 spiro atoms. The highest BCUT2D eigenvalue weighted by Gasteiger charge is 2.11. The SMILES string of the molecule is CCCCC(CC)COc1ccc2cc(OB(O)O)ccc2c1. The first-order valence-electron chi connectivity index (χ1n) is 8.31. The molecule has 1 unspecified atom stereocenters. The summed E-state index contributed by atoms with van der Waals surface area (Å²) in [4.78, 5) is 0. The van der Waals surface area contributed by atoms with Gasteiger partial charge in [0.1, 0.15) is 11.5 Å². The van der Waals surface area contributed by atoms with E-state index in [0.717, 1.165) is 29.5 Å². The highest BCUT2D eigenvalue weighted by Crippen LogP contribution is 2.26. The van der Waals surface area contributed by atoms with Crippen LogP contribution >= 0.6 is 0 Å². The molecule has 0 aliphatic heterocycles. The summed E-state index contributed by atoms with van der Waals surface area (Å²) in [5, 5.41) is 19.7. The number of benzene rings is 2. The molecule has 2 aromatic carbocycles. The van der Waals surface area contributed by atoms with Crippen molar-refractivity contribution in [3.05, 3.63) is 36.4 Å². The van der Waals surface area contributed by atoms with Gasteiger partial charge in [-0.05, 0) is 47.4 Å². The second kappa shape index (κ2) is 8.80. The van der Waals surface area contributed by atoms with Crippen LogP contribution in [0.3, 0.4) is 0 Å². The summed E-state index contributed by atoms with van der Waals surface area (Å²) in [6, 6.07) is 11.3. The van der Waals surface area contributed by atoms with Crippen molar-refractivity contribution < 1.29 is 19.4 Å². The van der Waals surface area contributed by atoms with E-state index < -0.39 is 7.32 Å². The van der Waals surface area contributed by atoms with Crippen molar-refractivity contribution in [2.75, 3.05) is 6.61 Å². The van der Waals surface area contributed by atoms with Gasteiger partial charge < -0.3 is 19.4 Å². The summed E-state index contributed by atoms with van der Waals surface area (Å²) < 4.78 is 10.8. The third-order valence-corrected chi connectivity index (χ3v) is 4.05. The molecule has 5 heteroatoms. The molecule has 0 aliphatic rings. The molecule has 0 amide bonds. The van der Waals surface area contributed by atoms with Gasteiger partial charge in [-0.25, -0.2) is 0 Å². The topological polar surface area (TPSA) is 58.9 Å². The van der Waals surface area contributed by atoms with Crippen LogP contribution in [0, 0.1) is 5.92 Å². The van der Waals surface area contributed by atoms with Crippen LogP contribution in [-0.4, -0.2) is 24.0 Å². The average Bonchev–Trinajstić information content (AvgIpc) is 2.54. The standard InChI is InChI=1S/C18H25BO4/c1-3-5-6-14(4-2)13-22-17-9-7-16-12-18(23-19(20)21)10-8-15(16)11-17/h7-12,14,20-21H,3-6,13H2,1-2H3. The largest absolute Gasteiger partial charge is 0.707 e. The summed E-state index contributed by atoms with van der Waals surface area (Å²) in [5.74, 6) is 1.89. The van der Waals surface area contributed by atoms with Gasteiger partial charge in [0.2, 0.25) is 0 Å². The lowest BCUT2D eigenvalue weighted by atomic mass is 10.0. The molecule has 124 valence electrons. The molecule has 0 fully saturated rings. The molecule has 2 aromatic rings. The molecule has 0 aliphatic carbocycles. The maximum atomic E-state index is 8.84. The quantitative estimate of drug-likeness (QED) is 0.691. The number of ether oxygens (including phenoxy) is 1. The molecule has 0 radical (unpaired) electrons. The van der Waals surface area contributed by atoms with E-state index >= 15 is 0 Å². The Hall–Kier alpha value is -1.72. The molecular weight excluding hydrogens is 291 g/mol. The fourth-order valence-electron chi connectivity index (χ4n) is 2.60. The lowest BCUT2D eigenvalue weighted by Gasteiger charge is -2.16. The van der Waals surface area contributed by atoms with Crippen molar-refractivity contribution >= 4 is 18.1 Å². The summed E-state index contributed by atoms with van der Waals surface area (Å²) in [6.07, 6.45) is 4.82. The molecule has 0 saturated heterocycles. The zero-order valence-corrected chi connectivity index (χ0v) is 13.9. The zero-order valence-electron chi connectivity index (χ0n) is 13.9. The van der Waals surface area contributed by atoms with Crippen LogP contribution in [0.4, 0.5) is 0 Å². The molecule has 1 atom stereocenters. The molecule has 0 aromatic heterocycles. The fourth-order valence-corrected chi connectivity index (χ4v) is 2.60. The fraction of sp³-hybridized carbons (Fsp3) is 0.444. The second-order valence-electron chi connectivity index (χ2n) is 5.84. The van der Waals surface area contributed by atoms with Crippen LogP contribution in [0.1, 0.15) is 39.5 Å². The second-order valence-corrected chi connectivity index (χ2v) is 5.84. The Kier molecular flexibility index (Phi) is 6.75. The van der Waals surface area contributed by atoms with Gasteiger partial charge in [0.25, 0.3) is 0 Å². The number of unbranched alkanes of at least 4 members (excludes halogenated alkanes) is 1. The van der Waals surface area contributed by atoms with E-state index in [-0.39, 0.29) is 0 Å². The van der Waals surface area contributed by atoms with Crippen LogP contribution in [0.2, 0.25) is 0 Å². The van der Waals surface area contributed by atoms with Gasteiger partial charge in [-0.3, -0.25) is 0 Å². The zero-order chi connectivity index (χ0) is 16.7. The van der Waals surface area contributed by atoms with Crippen molar-refractivity contribution in [3.8, 4) is 11.5 Å². The molecule has 0 heterocycles. The van der Waals surface area contributed by atoms with E-state index in [2.05, 4.69) is 13.8 Å². The van der Waals surface area contributed by atoms with Gasteiger partial charge in [0.15, 0.2) is 0 Å². The molecule has 0 bridgehead atoms. The van der Waals surface area contributed by atoms with Crippen molar-refractivity contribution in [1.29, 1.82) is 0 Å². The summed E-state index contributed by atoms with van der Waals surface area (Å²) >= 11 is 0. The minimum absolute atomic E-state index is 0.423. The van der Waals surface area contributed by atoms with Gasteiger partial charge in [0, 0.05) is 0 Å². The Morgan fingerprint density at radius 3 is 2.26 bits per heavy atom. The Morgan fingerprint density at radius 2 is 1.65 bits per heavy atom. The highest BCUT2D eigenvalue weighted by molar-refractivity contribution is 6.33. The summed E-state index contributed by atoms with van der Waals surface area (Å²) in [6.45, 7) is 5.17. The molecule has 2 N–H and O–H groups in total. The minimum atomic E-state index is -1.80. The monoisotopic (exact) mass is 316 g/mol. The maximum Gasteiger partial charge on any atom is 0.707 e. The summed E-state index contributed by atoms with van der Waals surface area (Å²) in [7, 11) is -1.80. The van der Waals surface area contributed by atoms with Gasteiger partial charge in [-0.15, -0.1) is 0 Å².